The third-order valence-corrected chi connectivity index (χ3v) is 1.86. The Bertz CT molecular complexity index is 132. The van der Waals surface area contributed by atoms with E-state index in [0.29, 0.717) is 12.5 Å². The minimum absolute atomic E-state index is 0.455. The highest BCUT2D eigenvalue weighted by molar-refractivity contribution is 5.64. The van der Waals surface area contributed by atoms with Crippen molar-refractivity contribution in [3.05, 3.63) is 0 Å². The van der Waals surface area contributed by atoms with Gasteiger partial charge in [-0.2, -0.15) is 0 Å². The van der Waals surface area contributed by atoms with Gasteiger partial charge in [0, 0.05) is 12.5 Å². The Morgan fingerprint density at radius 2 is 2.55 bits per heavy atom. The molecule has 1 aliphatic heterocycles. The summed E-state index contributed by atoms with van der Waals surface area (Å²) >= 11 is 0. The van der Waals surface area contributed by atoms with E-state index in [2.05, 4.69) is 10.1 Å². The van der Waals surface area contributed by atoms with Crippen molar-refractivity contribution in [1.29, 1.82) is 0 Å². The second-order valence-corrected chi connectivity index (χ2v) is 2.84. The van der Waals surface area contributed by atoms with Crippen LogP contribution in [-0.4, -0.2) is 25.8 Å². The Morgan fingerprint density at radius 3 is 3.09 bits per heavy atom. The number of primary amides is 1. The number of carbonyl (C=O) groups excluding carboxylic acids is 1. The van der Waals surface area contributed by atoms with Crippen LogP contribution in [0.4, 0.5) is 4.79 Å². The zero-order valence-corrected chi connectivity index (χ0v) is 6.51. The van der Waals surface area contributed by atoms with Crippen LogP contribution in [0, 0.1) is 5.92 Å². The van der Waals surface area contributed by atoms with Crippen LogP contribution in [0.25, 0.3) is 0 Å². The molecule has 0 aromatic carbocycles. The van der Waals surface area contributed by atoms with Gasteiger partial charge in [-0.1, -0.05) is 0 Å². The molecular weight excluding hydrogens is 144 g/mol. The van der Waals surface area contributed by atoms with E-state index >= 15 is 0 Å². The fraction of sp³-hybridized carbons (Fsp3) is 0.857. The monoisotopic (exact) mass is 158 g/mol. The van der Waals surface area contributed by atoms with Crippen molar-refractivity contribution in [1.82, 2.24) is 5.32 Å². The summed E-state index contributed by atoms with van der Waals surface area (Å²) in [5, 5.41) is 3.23. The summed E-state index contributed by atoms with van der Waals surface area (Å²) < 4.78 is 4.68. The van der Waals surface area contributed by atoms with E-state index in [-0.39, 0.29) is 0 Å². The van der Waals surface area contributed by atoms with Gasteiger partial charge in [-0.15, -0.1) is 0 Å². The van der Waals surface area contributed by atoms with E-state index in [4.69, 9.17) is 5.73 Å². The molecule has 0 aliphatic carbocycles. The van der Waals surface area contributed by atoms with E-state index in [1.807, 2.05) is 0 Å². The van der Waals surface area contributed by atoms with Gasteiger partial charge < -0.3 is 15.8 Å². The predicted octanol–water partition coefficient (Wildman–Crippen LogP) is 0.0813. The molecule has 0 spiro atoms. The first-order valence-electron chi connectivity index (χ1n) is 3.92. The molecule has 3 N–H and O–H groups in total. The zero-order valence-electron chi connectivity index (χ0n) is 6.51. The van der Waals surface area contributed by atoms with E-state index < -0.39 is 6.09 Å². The highest BCUT2D eigenvalue weighted by Crippen LogP contribution is 2.09. The van der Waals surface area contributed by atoms with E-state index in [0.717, 1.165) is 25.9 Å². The molecule has 0 bridgehead atoms. The van der Waals surface area contributed by atoms with Gasteiger partial charge in [-0.3, -0.25) is 0 Å². The van der Waals surface area contributed by atoms with Crippen LogP contribution in [0.3, 0.4) is 0 Å². The largest absolute Gasteiger partial charge is 0.449 e. The fourth-order valence-electron chi connectivity index (χ4n) is 1.27. The molecule has 1 amide bonds. The number of nitrogens with one attached hydrogen (secondary N) is 1. The maximum Gasteiger partial charge on any atom is 0.404 e. The Labute approximate surface area is 66.1 Å². The summed E-state index contributed by atoms with van der Waals surface area (Å²) in [4.78, 5) is 10.2. The van der Waals surface area contributed by atoms with Crippen molar-refractivity contribution in [3.63, 3.8) is 0 Å². The Morgan fingerprint density at radius 1 is 1.73 bits per heavy atom. The minimum Gasteiger partial charge on any atom is -0.449 e. The maximum atomic E-state index is 10.2. The Hall–Kier alpha value is -0.770. The molecule has 1 heterocycles. The van der Waals surface area contributed by atoms with Crippen molar-refractivity contribution in [2.75, 3.05) is 19.7 Å². The second kappa shape index (κ2) is 4.18. The van der Waals surface area contributed by atoms with Crippen LogP contribution < -0.4 is 11.1 Å². The van der Waals surface area contributed by atoms with Crippen LogP contribution in [0.2, 0.25) is 0 Å². The lowest BCUT2D eigenvalue weighted by Gasteiger charge is -2.21. The van der Waals surface area contributed by atoms with Gasteiger partial charge in [0.15, 0.2) is 0 Å². The molecule has 0 aromatic heterocycles. The van der Waals surface area contributed by atoms with Crippen molar-refractivity contribution >= 4 is 6.09 Å². The molecule has 1 fully saturated rings. The summed E-state index contributed by atoms with van der Waals surface area (Å²) in [5.74, 6) is 0.455. The minimum atomic E-state index is -0.671. The highest BCUT2D eigenvalue weighted by Gasteiger charge is 2.13. The third kappa shape index (κ3) is 3.23. The molecule has 1 aliphatic rings. The molecule has 11 heavy (non-hydrogen) atoms. The lowest BCUT2D eigenvalue weighted by molar-refractivity contribution is 0.128. The van der Waals surface area contributed by atoms with Gasteiger partial charge in [0.25, 0.3) is 0 Å². The molecule has 1 rings (SSSR count). The summed E-state index contributed by atoms with van der Waals surface area (Å²) in [6.07, 6.45) is 1.61. The van der Waals surface area contributed by atoms with Gasteiger partial charge in [0.2, 0.25) is 0 Å². The molecule has 0 aromatic rings. The lowest BCUT2D eigenvalue weighted by atomic mass is 10.0. The van der Waals surface area contributed by atoms with Crippen LogP contribution >= 0.6 is 0 Å². The molecule has 0 radical (unpaired) electrons. The zero-order chi connectivity index (χ0) is 8.10. The number of hydrogen-bond acceptors (Lipinski definition) is 3. The fourth-order valence-corrected chi connectivity index (χ4v) is 1.27. The molecule has 4 nitrogen and oxygen atoms in total. The van der Waals surface area contributed by atoms with Crippen molar-refractivity contribution < 1.29 is 9.53 Å². The van der Waals surface area contributed by atoms with E-state index in [9.17, 15) is 4.79 Å². The van der Waals surface area contributed by atoms with Gasteiger partial charge in [0.1, 0.15) is 0 Å². The first-order chi connectivity index (χ1) is 5.29. The normalized spacial score (nSPS) is 24.5. The Kier molecular flexibility index (Phi) is 3.16. The van der Waals surface area contributed by atoms with Crippen molar-refractivity contribution in [3.8, 4) is 0 Å². The SMILES string of the molecule is NC(=O)OC[C@@H]1CCCNC1. The third-order valence-electron chi connectivity index (χ3n) is 1.86. The van der Waals surface area contributed by atoms with Crippen LogP contribution in [0.5, 0.6) is 0 Å². The van der Waals surface area contributed by atoms with Gasteiger partial charge in [0.05, 0.1) is 6.61 Å². The lowest BCUT2D eigenvalue weighted by Crippen LogP contribution is -2.33. The number of ether oxygens (including phenoxy) is 1. The van der Waals surface area contributed by atoms with Gasteiger partial charge >= 0.3 is 6.09 Å². The first-order valence-corrected chi connectivity index (χ1v) is 3.92. The molecule has 4 heteroatoms. The van der Waals surface area contributed by atoms with E-state index in [1.165, 1.54) is 0 Å². The maximum absolute atomic E-state index is 10.2. The van der Waals surface area contributed by atoms with Gasteiger partial charge in [-0.05, 0) is 19.4 Å². The van der Waals surface area contributed by atoms with Crippen LogP contribution in [-0.2, 0) is 4.74 Å². The van der Waals surface area contributed by atoms with Crippen LogP contribution in [0.15, 0.2) is 0 Å². The van der Waals surface area contributed by atoms with Gasteiger partial charge in [-0.25, -0.2) is 4.79 Å². The van der Waals surface area contributed by atoms with Crippen LogP contribution in [0.1, 0.15) is 12.8 Å². The summed E-state index contributed by atoms with van der Waals surface area (Å²) in [7, 11) is 0. The predicted molar refractivity (Wildman–Crippen MR) is 41.1 cm³/mol. The molecule has 64 valence electrons. The molecular formula is C7H14N2O2. The number of carbonyl (C=O) groups is 1. The van der Waals surface area contributed by atoms with Crippen molar-refractivity contribution in [2.45, 2.75) is 12.8 Å². The highest BCUT2D eigenvalue weighted by atomic mass is 16.5. The summed E-state index contributed by atoms with van der Waals surface area (Å²) in [6, 6.07) is 0. The van der Waals surface area contributed by atoms with E-state index in [1.54, 1.807) is 0 Å². The smallest absolute Gasteiger partial charge is 0.404 e. The average Bonchev–Trinajstić information content (AvgIpc) is 2.03. The number of hydrogen-bond donors (Lipinski definition) is 2. The molecule has 1 atom stereocenters. The number of nitrogens with two attached hydrogens (primary N) is 1. The summed E-state index contributed by atoms with van der Waals surface area (Å²) in [5.41, 5.74) is 4.83. The first kappa shape index (κ1) is 8.33. The topological polar surface area (TPSA) is 64.4 Å². The molecule has 1 saturated heterocycles. The average molecular weight is 158 g/mol. The Balaban J connectivity index is 2.09. The quantitative estimate of drug-likeness (QED) is 0.598. The molecule has 0 unspecified atom stereocenters. The number of rotatable bonds is 2. The number of piperidine rings is 1. The number of amides is 1. The second-order valence-electron chi connectivity index (χ2n) is 2.84. The summed E-state index contributed by atoms with van der Waals surface area (Å²) in [6.45, 7) is 2.47. The van der Waals surface area contributed by atoms with Crippen molar-refractivity contribution in [2.24, 2.45) is 11.7 Å². The molecule has 0 saturated carbocycles. The standard InChI is InChI=1S/C7H14N2O2/c8-7(10)11-5-6-2-1-3-9-4-6/h6,9H,1-5H2,(H2,8,10)/t6-/m1/s1.